The summed E-state index contributed by atoms with van der Waals surface area (Å²) in [7, 11) is 0. The van der Waals surface area contributed by atoms with Gasteiger partial charge in [0.05, 0.1) is 25.4 Å². The average Bonchev–Trinajstić information content (AvgIpc) is 2.38. The summed E-state index contributed by atoms with van der Waals surface area (Å²) in [6, 6.07) is 4.02. The number of benzene rings is 1. The van der Waals surface area contributed by atoms with E-state index in [-0.39, 0.29) is 5.56 Å². The highest BCUT2D eigenvalue weighted by molar-refractivity contribution is 5.52. The van der Waals surface area contributed by atoms with Crippen LogP contribution in [0.15, 0.2) is 18.2 Å². The Morgan fingerprint density at radius 3 is 2.44 bits per heavy atom. The van der Waals surface area contributed by atoms with Crippen LogP contribution in [0.25, 0.3) is 0 Å². The Kier molecular flexibility index (Phi) is 3.77. The zero-order valence-electron chi connectivity index (χ0n) is 9.70. The number of rotatable bonds is 2. The standard InChI is InChI=1S/C12H14F3NO2/c13-12(14,15)11-7-10(2-1-9(11)8-17)16-3-5-18-6-4-16/h1-2,7,17H,3-6,8H2. The van der Waals surface area contributed by atoms with Crippen molar-refractivity contribution in [1.82, 2.24) is 0 Å². The molecule has 18 heavy (non-hydrogen) atoms. The maximum Gasteiger partial charge on any atom is 0.416 e. The number of aliphatic hydroxyl groups is 1. The molecule has 6 heteroatoms. The van der Waals surface area contributed by atoms with E-state index in [0.29, 0.717) is 32.0 Å². The number of aliphatic hydroxyl groups excluding tert-OH is 1. The molecule has 100 valence electrons. The number of hydrogen-bond acceptors (Lipinski definition) is 3. The molecule has 1 aromatic carbocycles. The first-order valence-electron chi connectivity index (χ1n) is 5.66. The summed E-state index contributed by atoms with van der Waals surface area (Å²) in [5, 5.41) is 8.95. The van der Waals surface area contributed by atoms with Gasteiger partial charge in [-0.2, -0.15) is 13.2 Å². The van der Waals surface area contributed by atoms with Gasteiger partial charge in [-0.25, -0.2) is 0 Å². The summed E-state index contributed by atoms with van der Waals surface area (Å²) in [6.07, 6.45) is -4.44. The molecule has 1 fully saturated rings. The van der Waals surface area contributed by atoms with Crippen LogP contribution in [-0.2, 0) is 17.5 Å². The van der Waals surface area contributed by atoms with Crippen molar-refractivity contribution in [1.29, 1.82) is 0 Å². The number of ether oxygens (including phenoxy) is 1. The number of hydrogen-bond donors (Lipinski definition) is 1. The molecule has 1 N–H and O–H groups in total. The molecule has 1 aliphatic rings. The van der Waals surface area contributed by atoms with Crippen LogP contribution in [0.4, 0.5) is 18.9 Å². The lowest BCUT2D eigenvalue weighted by Crippen LogP contribution is -2.36. The summed E-state index contributed by atoms with van der Waals surface area (Å²) in [5.74, 6) is 0. The minimum absolute atomic E-state index is 0.0977. The minimum Gasteiger partial charge on any atom is -0.392 e. The molecule has 0 aromatic heterocycles. The molecule has 1 heterocycles. The molecule has 0 spiro atoms. The second kappa shape index (κ2) is 5.16. The molecule has 1 aliphatic heterocycles. The second-order valence-electron chi connectivity index (χ2n) is 4.10. The molecule has 0 amide bonds. The summed E-state index contributed by atoms with van der Waals surface area (Å²) < 4.78 is 43.6. The van der Waals surface area contributed by atoms with E-state index in [2.05, 4.69) is 0 Å². The van der Waals surface area contributed by atoms with Gasteiger partial charge in [0.1, 0.15) is 0 Å². The smallest absolute Gasteiger partial charge is 0.392 e. The van der Waals surface area contributed by atoms with E-state index in [9.17, 15) is 13.2 Å². The van der Waals surface area contributed by atoms with Crippen LogP contribution in [0, 0.1) is 0 Å². The van der Waals surface area contributed by atoms with Gasteiger partial charge in [-0.1, -0.05) is 6.07 Å². The van der Waals surface area contributed by atoms with Crippen LogP contribution in [-0.4, -0.2) is 31.4 Å². The van der Waals surface area contributed by atoms with Gasteiger partial charge >= 0.3 is 6.18 Å². The largest absolute Gasteiger partial charge is 0.416 e. The fourth-order valence-electron chi connectivity index (χ4n) is 1.98. The van der Waals surface area contributed by atoms with Gasteiger partial charge in [0.15, 0.2) is 0 Å². The minimum atomic E-state index is -4.44. The van der Waals surface area contributed by atoms with Crippen molar-refractivity contribution in [2.24, 2.45) is 0 Å². The fraction of sp³-hybridized carbons (Fsp3) is 0.500. The van der Waals surface area contributed by atoms with Gasteiger partial charge in [0.2, 0.25) is 0 Å². The molecule has 1 aromatic rings. The maximum atomic E-state index is 12.8. The highest BCUT2D eigenvalue weighted by Crippen LogP contribution is 2.34. The third-order valence-electron chi connectivity index (χ3n) is 2.95. The highest BCUT2D eigenvalue weighted by Gasteiger charge is 2.33. The Bertz CT molecular complexity index is 414. The van der Waals surface area contributed by atoms with Crippen molar-refractivity contribution >= 4 is 5.69 Å². The van der Waals surface area contributed by atoms with Gasteiger partial charge in [-0.3, -0.25) is 0 Å². The molecule has 0 atom stereocenters. The summed E-state index contributed by atoms with van der Waals surface area (Å²) in [5.41, 5.74) is -0.351. The normalized spacial score (nSPS) is 17.0. The summed E-state index contributed by atoms with van der Waals surface area (Å²) in [4.78, 5) is 1.85. The van der Waals surface area contributed by atoms with Crippen molar-refractivity contribution in [3.63, 3.8) is 0 Å². The van der Waals surface area contributed by atoms with Crippen molar-refractivity contribution in [2.45, 2.75) is 12.8 Å². The van der Waals surface area contributed by atoms with Gasteiger partial charge in [0, 0.05) is 18.8 Å². The van der Waals surface area contributed by atoms with Crippen molar-refractivity contribution in [3.05, 3.63) is 29.3 Å². The van der Waals surface area contributed by atoms with E-state index in [4.69, 9.17) is 9.84 Å². The Hall–Kier alpha value is -1.27. The lowest BCUT2D eigenvalue weighted by atomic mass is 10.1. The van der Waals surface area contributed by atoms with E-state index in [1.807, 2.05) is 4.90 Å². The van der Waals surface area contributed by atoms with Crippen LogP contribution in [0.1, 0.15) is 11.1 Å². The number of anilines is 1. The number of alkyl halides is 3. The first-order chi connectivity index (χ1) is 8.52. The first kappa shape index (κ1) is 13.2. The van der Waals surface area contributed by atoms with E-state index in [1.165, 1.54) is 6.07 Å². The van der Waals surface area contributed by atoms with Gasteiger partial charge in [-0.05, 0) is 17.7 Å². The van der Waals surface area contributed by atoms with Gasteiger partial charge < -0.3 is 14.7 Å². The highest BCUT2D eigenvalue weighted by atomic mass is 19.4. The first-order valence-corrected chi connectivity index (χ1v) is 5.66. The van der Waals surface area contributed by atoms with E-state index in [1.54, 1.807) is 6.07 Å². The molecular formula is C12H14F3NO2. The molecule has 0 saturated carbocycles. The van der Waals surface area contributed by atoms with E-state index in [0.717, 1.165) is 6.07 Å². The van der Waals surface area contributed by atoms with Crippen LogP contribution < -0.4 is 4.90 Å². The lowest BCUT2D eigenvalue weighted by Gasteiger charge is -2.29. The van der Waals surface area contributed by atoms with E-state index < -0.39 is 18.3 Å². The predicted octanol–water partition coefficient (Wildman–Crippen LogP) is 2.03. The van der Waals surface area contributed by atoms with E-state index >= 15 is 0 Å². The topological polar surface area (TPSA) is 32.7 Å². The zero-order valence-corrected chi connectivity index (χ0v) is 9.70. The number of nitrogens with zero attached hydrogens (tertiary/aromatic N) is 1. The third kappa shape index (κ3) is 2.76. The molecular weight excluding hydrogens is 247 g/mol. The van der Waals surface area contributed by atoms with Crippen LogP contribution >= 0.6 is 0 Å². The molecule has 3 nitrogen and oxygen atoms in total. The Morgan fingerprint density at radius 1 is 1.22 bits per heavy atom. The molecule has 2 rings (SSSR count). The zero-order chi connectivity index (χ0) is 13.2. The third-order valence-corrected chi connectivity index (χ3v) is 2.95. The second-order valence-corrected chi connectivity index (χ2v) is 4.10. The monoisotopic (exact) mass is 261 g/mol. The van der Waals surface area contributed by atoms with Crippen molar-refractivity contribution in [2.75, 3.05) is 31.2 Å². The summed E-state index contributed by atoms with van der Waals surface area (Å²) in [6.45, 7) is 1.58. The molecule has 1 saturated heterocycles. The van der Waals surface area contributed by atoms with Crippen molar-refractivity contribution < 1.29 is 23.0 Å². The Labute approximate surface area is 103 Å². The Morgan fingerprint density at radius 2 is 1.89 bits per heavy atom. The van der Waals surface area contributed by atoms with Gasteiger partial charge in [-0.15, -0.1) is 0 Å². The average molecular weight is 261 g/mol. The molecule has 0 radical (unpaired) electrons. The maximum absolute atomic E-state index is 12.8. The van der Waals surface area contributed by atoms with Crippen molar-refractivity contribution in [3.8, 4) is 0 Å². The van der Waals surface area contributed by atoms with Crippen LogP contribution in [0.3, 0.4) is 0 Å². The van der Waals surface area contributed by atoms with Crippen LogP contribution in [0.5, 0.6) is 0 Å². The Balaban J connectivity index is 2.33. The molecule has 0 aliphatic carbocycles. The SMILES string of the molecule is OCc1ccc(N2CCOCC2)cc1C(F)(F)F. The van der Waals surface area contributed by atoms with Crippen LogP contribution in [0.2, 0.25) is 0 Å². The molecule has 0 unspecified atom stereocenters. The lowest BCUT2D eigenvalue weighted by molar-refractivity contribution is -0.138. The summed E-state index contributed by atoms with van der Waals surface area (Å²) >= 11 is 0. The van der Waals surface area contributed by atoms with Gasteiger partial charge in [0.25, 0.3) is 0 Å². The predicted molar refractivity (Wildman–Crippen MR) is 60.4 cm³/mol. The molecule has 0 bridgehead atoms. The number of morpholine rings is 1. The fourth-order valence-corrected chi connectivity index (χ4v) is 1.98. The number of halogens is 3. The quantitative estimate of drug-likeness (QED) is 0.884.